The van der Waals surface area contributed by atoms with Crippen LogP contribution in [0.4, 0.5) is 9.39 Å². The van der Waals surface area contributed by atoms with E-state index in [0.717, 1.165) is 11.3 Å². The molecule has 1 aromatic carbocycles. The average Bonchev–Trinajstić information content (AvgIpc) is 3.38. The highest BCUT2D eigenvalue weighted by Gasteiger charge is 2.32. The zero-order valence-electron chi connectivity index (χ0n) is 30.2. The van der Waals surface area contributed by atoms with Gasteiger partial charge in [-0.3, -0.25) is 24.0 Å². The summed E-state index contributed by atoms with van der Waals surface area (Å²) >= 11 is 0.907. The SMILES string of the molecule is CCC(C(=O)Nc1sc(C(=O)NCCNC(=O)C(NC(=O)C(NC(=O)C(N)C(C)C)C(C)C)C(C)C)c(C)c1C(=O)OC)c1ccc(F)cc1. The number of carbonyl (C=O) groups excluding carboxylic acids is 6. The number of amides is 5. The molecule has 0 saturated carbocycles. The van der Waals surface area contributed by atoms with E-state index in [1.165, 1.54) is 31.4 Å². The number of hydrogen-bond donors (Lipinski definition) is 6. The van der Waals surface area contributed by atoms with Gasteiger partial charge in [-0.25, -0.2) is 9.18 Å². The smallest absolute Gasteiger partial charge is 0.341 e. The van der Waals surface area contributed by atoms with Gasteiger partial charge in [-0.05, 0) is 54.4 Å². The summed E-state index contributed by atoms with van der Waals surface area (Å²) < 4.78 is 18.4. The second-order valence-corrected chi connectivity index (χ2v) is 14.1. The predicted octanol–water partition coefficient (Wildman–Crippen LogP) is 3.23. The minimum absolute atomic E-state index is 0.0101. The molecule has 0 fully saturated rings. The van der Waals surface area contributed by atoms with Crippen LogP contribution < -0.4 is 32.3 Å². The standard InChI is InChI=1S/C35H51FN6O7S/c1-10-23(21-11-13-22(36)14-12-21)29(43)42-34-24(35(48)49-9)20(8)28(50-34)33(47)39-16-15-38-31(45)26(18(4)5)41-32(46)27(19(6)7)40-30(44)25(37)17(2)3/h11-14,17-19,23,25-27H,10,15-16,37H2,1-9H3,(H,38,45)(H,39,47)(H,40,44)(H,41,46)(H,42,43). The van der Waals surface area contributed by atoms with Crippen LogP contribution in [-0.2, 0) is 23.9 Å². The molecule has 2 aromatic rings. The Morgan fingerprint density at radius 1 is 0.800 bits per heavy atom. The molecule has 0 aliphatic rings. The molecule has 15 heteroatoms. The van der Waals surface area contributed by atoms with Gasteiger partial charge >= 0.3 is 5.97 Å². The Morgan fingerprint density at radius 3 is 1.86 bits per heavy atom. The Kier molecular flexibility index (Phi) is 16.0. The largest absolute Gasteiger partial charge is 0.465 e. The molecule has 2 rings (SSSR count). The number of halogens is 1. The van der Waals surface area contributed by atoms with Gasteiger partial charge in [0.05, 0.1) is 29.5 Å². The first kappa shape index (κ1) is 41.8. The van der Waals surface area contributed by atoms with Gasteiger partial charge in [0.15, 0.2) is 0 Å². The Morgan fingerprint density at radius 2 is 1.34 bits per heavy atom. The molecule has 0 bridgehead atoms. The molecule has 276 valence electrons. The van der Waals surface area contributed by atoms with Crippen molar-refractivity contribution in [3.63, 3.8) is 0 Å². The summed E-state index contributed by atoms with van der Waals surface area (Å²) in [5.41, 5.74) is 6.88. The molecule has 13 nitrogen and oxygen atoms in total. The molecule has 1 aromatic heterocycles. The molecule has 0 aliphatic heterocycles. The van der Waals surface area contributed by atoms with Crippen LogP contribution in [0.5, 0.6) is 0 Å². The number of carbonyl (C=O) groups is 6. The summed E-state index contributed by atoms with van der Waals surface area (Å²) in [6.07, 6.45) is 0.400. The van der Waals surface area contributed by atoms with Crippen LogP contribution >= 0.6 is 11.3 Å². The quantitative estimate of drug-likeness (QED) is 0.106. The molecule has 0 saturated heterocycles. The first-order valence-corrected chi connectivity index (χ1v) is 17.5. The first-order valence-electron chi connectivity index (χ1n) is 16.6. The molecule has 50 heavy (non-hydrogen) atoms. The maximum atomic E-state index is 13.5. The van der Waals surface area contributed by atoms with Gasteiger partial charge in [0.2, 0.25) is 23.6 Å². The lowest BCUT2D eigenvalue weighted by atomic mass is 9.95. The minimum Gasteiger partial charge on any atom is -0.465 e. The molecule has 0 aliphatic carbocycles. The third kappa shape index (κ3) is 11.1. The van der Waals surface area contributed by atoms with E-state index in [-0.39, 0.29) is 46.3 Å². The summed E-state index contributed by atoms with van der Waals surface area (Å²) in [6, 6.07) is 2.94. The number of thiophene rings is 1. The zero-order chi connectivity index (χ0) is 37.9. The van der Waals surface area contributed by atoms with Gasteiger partial charge in [-0.1, -0.05) is 60.6 Å². The van der Waals surface area contributed by atoms with Gasteiger partial charge < -0.3 is 37.1 Å². The molecular weight excluding hydrogens is 667 g/mol. The number of nitrogens with one attached hydrogen (secondary N) is 5. The molecule has 0 spiro atoms. The van der Waals surface area contributed by atoms with Crippen molar-refractivity contribution in [3.8, 4) is 0 Å². The second-order valence-electron chi connectivity index (χ2n) is 13.0. The van der Waals surface area contributed by atoms with E-state index in [9.17, 15) is 33.2 Å². The third-order valence-corrected chi connectivity index (χ3v) is 9.41. The van der Waals surface area contributed by atoms with Crippen LogP contribution in [0.2, 0.25) is 0 Å². The maximum absolute atomic E-state index is 13.5. The third-order valence-electron chi connectivity index (χ3n) is 8.20. The molecule has 5 amide bonds. The number of esters is 1. The van der Waals surface area contributed by atoms with Gasteiger partial charge in [-0.15, -0.1) is 11.3 Å². The van der Waals surface area contributed by atoms with Gasteiger partial charge in [0.1, 0.15) is 22.9 Å². The van der Waals surface area contributed by atoms with E-state index in [0.29, 0.717) is 17.5 Å². The van der Waals surface area contributed by atoms with Crippen molar-refractivity contribution in [2.24, 2.45) is 23.5 Å². The van der Waals surface area contributed by atoms with Gasteiger partial charge in [-0.2, -0.15) is 0 Å². The van der Waals surface area contributed by atoms with Crippen LogP contribution in [0.3, 0.4) is 0 Å². The van der Waals surface area contributed by atoms with E-state index < -0.39 is 65.4 Å². The van der Waals surface area contributed by atoms with Crippen molar-refractivity contribution >= 4 is 51.8 Å². The van der Waals surface area contributed by atoms with Gasteiger partial charge in [0.25, 0.3) is 5.91 Å². The highest BCUT2D eigenvalue weighted by molar-refractivity contribution is 7.18. The number of ether oxygens (including phenoxy) is 1. The lowest BCUT2D eigenvalue weighted by molar-refractivity contribution is -0.134. The highest BCUT2D eigenvalue weighted by Crippen LogP contribution is 2.35. The van der Waals surface area contributed by atoms with Crippen molar-refractivity contribution in [1.29, 1.82) is 0 Å². The fraction of sp³-hybridized carbons (Fsp3) is 0.543. The van der Waals surface area contributed by atoms with E-state index in [2.05, 4.69) is 26.6 Å². The summed E-state index contributed by atoms with van der Waals surface area (Å²) in [6.45, 7) is 14.1. The molecule has 4 atom stereocenters. The van der Waals surface area contributed by atoms with Gasteiger partial charge in [0, 0.05) is 13.1 Å². The minimum atomic E-state index is -0.926. The first-order chi connectivity index (χ1) is 23.4. The number of nitrogens with two attached hydrogens (primary N) is 1. The fourth-order valence-electron chi connectivity index (χ4n) is 5.05. The average molecular weight is 719 g/mol. The normalized spacial score (nSPS) is 13.6. The summed E-state index contributed by atoms with van der Waals surface area (Å²) in [4.78, 5) is 78.1. The second kappa shape index (κ2) is 19.1. The van der Waals surface area contributed by atoms with Crippen LogP contribution in [0, 0.1) is 30.5 Å². The number of benzene rings is 1. The molecule has 0 radical (unpaired) electrons. The fourth-order valence-corrected chi connectivity index (χ4v) is 6.16. The Labute approximate surface area is 297 Å². The number of methoxy groups -OCH3 is 1. The summed E-state index contributed by atoms with van der Waals surface area (Å²) in [7, 11) is 1.19. The van der Waals surface area contributed by atoms with E-state index in [4.69, 9.17) is 10.5 Å². The number of anilines is 1. The maximum Gasteiger partial charge on any atom is 0.341 e. The van der Waals surface area contributed by atoms with Crippen molar-refractivity contribution in [3.05, 3.63) is 51.7 Å². The number of hydrogen-bond acceptors (Lipinski definition) is 9. The van der Waals surface area contributed by atoms with Crippen LogP contribution in [0.1, 0.15) is 92.0 Å². The zero-order valence-corrected chi connectivity index (χ0v) is 31.0. The van der Waals surface area contributed by atoms with Crippen molar-refractivity contribution < 1.29 is 37.9 Å². The molecular formula is C35H51FN6O7S. The van der Waals surface area contributed by atoms with Crippen LogP contribution in [0.15, 0.2) is 24.3 Å². The van der Waals surface area contributed by atoms with E-state index in [1.54, 1.807) is 55.4 Å². The lowest BCUT2D eigenvalue weighted by Gasteiger charge is -2.28. The Bertz CT molecular complexity index is 1530. The molecule has 1 heterocycles. The van der Waals surface area contributed by atoms with E-state index >= 15 is 0 Å². The topological polar surface area (TPSA) is 198 Å². The highest BCUT2D eigenvalue weighted by atomic mass is 32.1. The van der Waals surface area contributed by atoms with Crippen molar-refractivity contribution in [2.75, 3.05) is 25.5 Å². The van der Waals surface area contributed by atoms with Crippen molar-refractivity contribution in [2.45, 2.75) is 85.9 Å². The Hall–Kier alpha value is -4.37. The molecule has 7 N–H and O–H groups in total. The van der Waals surface area contributed by atoms with Crippen LogP contribution in [0.25, 0.3) is 0 Å². The molecule has 4 unspecified atom stereocenters. The summed E-state index contributed by atoms with van der Waals surface area (Å²) in [5.74, 6) is -4.95. The van der Waals surface area contributed by atoms with Crippen molar-refractivity contribution in [1.82, 2.24) is 21.3 Å². The predicted molar refractivity (Wildman–Crippen MR) is 190 cm³/mol. The summed E-state index contributed by atoms with van der Waals surface area (Å²) in [5, 5.41) is 13.7. The van der Waals surface area contributed by atoms with E-state index in [1.807, 2.05) is 0 Å². The van der Waals surface area contributed by atoms with Crippen LogP contribution in [-0.4, -0.2) is 73.8 Å². The monoisotopic (exact) mass is 718 g/mol. The lowest BCUT2D eigenvalue weighted by Crippen LogP contribution is -2.59. The Balaban J connectivity index is 2.09. The number of rotatable bonds is 17.